The summed E-state index contributed by atoms with van der Waals surface area (Å²) in [6.07, 6.45) is 0. The van der Waals surface area contributed by atoms with Crippen molar-refractivity contribution >= 4 is 55.4 Å². The van der Waals surface area contributed by atoms with Crippen LogP contribution in [-0.2, 0) is 0 Å². The van der Waals surface area contributed by atoms with Crippen LogP contribution >= 0.6 is 0 Å². The molecular formula is CH2BKO2. The summed E-state index contributed by atoms with van der Waals surface area (Å²) in [5.74, 6) is -0.662. The Hall–Kier alpha value is 1.17. The summed E-state index contributed by atoms with van der Waals surface area (Å²) in [5, 5.41) is 7.77. The molecule has 0 aliphatic heterocycles. The molecule has 0 saturated carbocycles. The van der Waals surface area contributed by atoms with Crippen molar-refractivity contribution in [3.63, 3.8) is 0 Å². The first-order valence-corrected chi connectivity index (χ1v) is 3.70. The predicted molar refractivity (Wildman–Crippen MR) is 20.9 cm³/mol. The average molecular weight is 95.9 g/mol. The molecule has 0 amide bonds. The molecule has 1 N–H and O–H groups in total. The molecule has 0 atom stereocenters. The van der Waals surface area contributed by atoms with E-state index in [4.69, 9.17) is 5.11 Å². The van der Waals surface area contributed by atoms with Gasteiger partial charge in [-0.15, -0.1) is 0 Å². The van der Waals surface area contributed by atoms with Gasteiger partial charge in [0.1, 0.15) is 0 Å². The van der Waals surface area contributed by atoms with Crippen LogP contribution in [-0.4, -0.2) is 60.5 Å². The van der Waals surface area contributed by atoms with Crippen LogP contribution in [0.15, 0.2) is 0 Å². The molecule has 0 saturated heterocycles. The molecule has 0 aromatic rings. The molecule has 0 fully saturated rings. The molecule has 22 valence electrons. The summed E-state index contributed by atoms with van der Waals surface area (Å²) in [4.78, 5) is 9.41. The van der Waals surface area contributed by atoms with Crippen LogP contribution in [0, 0.1) is 0 Å². The van der Waals surface area contributed by atoms with Gasteiger partial charge in [0, 0.05) is 0 Å². The third kappa shape index (κ3) is 5.17. The van der Waals surface area contributed by atoms with Crippen molar-refractivity contribution in [3.05, 3.63) is 0 Å². The van der Waals surface area contributed by atoms with Gasteiger partial charge >= 0.3 is 65.3 Å². The normalized spacial score (nSPS) is 6.80. The van der Waals surface area contributed by atoms with Crippen molar-refractivity contribution in [1.29, 1.82) is 0 Å². The zero-order chi connectivity index (χ0) is 4.28. The van der Waals surface area contributed by atoms with Crippen molar-refractivity contribution in [1.82, 2.24) is 0 Å². The van der Waals surface area contributed by atoms with Crippen molar-refractivity contribution < 1.29 is 9.90 Å². The Kier molecular flexibility index (Phi) is 4.15. The Morgan fingerprint density at radius 2 is 2.20 bits per heavy atom. The topological polar surface area (TPSA) is 37.3 Å². The summed E-state index contributed by atoms with van der Waals surface area (Å²) >= 11 is 0.485. The molecule has 2 nitrogen and oxygen atoms in total. The van der Waals surface area contributed by atoms with Gasteiger partial charge in [0.15, 0.2) is 0 Å². The summed E-state index contributed by atoms with van der Waals surface area (Å²) in [6, 6.07) is 0. The molecule has 0 radical (unpaired) electrons. The third-order valence-corrected chi connectivity index (χ3v) is 1.25. The Labute approximate surface area is 64.1 Å². The average Bonchev–Trinajstić information content (AvgIpc) is 1.38. The maximum atomic E-state index is 9.41. The number of rotatable bonds is 1. The van der Waals surface area contributed by atoms with E-state index in [2.05, 4.69) is 0 Å². The van der Waals surface area contributed by atoms with Crippen LogP contribution in [0.1, 0.15) is 0 Å². The van der Waals surface area contributed by atoms with Crippen LogP contribution in [0.2, 0.25) is 0 Å². The number of carboxylic acid groups (broad SMARTS) is 1. The van der Waals surface area contributed by atoms with Crippen molar-refractivity contribution in [2.75, 3.05) is 0 Å². The van der Waals surface area contributed by atoms with Crippen LogP contribution in [0.3, 0.4) is 0 Å². The Balaban J connectivity index is 2.85. The van der Waals surface area contributed by atoms with E-state index in [1.54, 1.807) is 0 Å². The molecule has 0 spiro atoms. The molecule has 0 unspecified atom stereocenters. The first-order valence-electron chi connectivity index (χ1n) is 1.49. The maximum absolute atomic E-state index is 9.41. The van der Waals surface area contributed by atoms with E-state index in [0.717, 1.165) is 0 Å². The quantitative estimate of drug-likeness (QED) is 0.433. The molecule has 0 aliphatic carbocycles. The number of hydrogen-bond donors (Lipinski definition) is 1. The van der Waals surface area contributed by atoms with Gasteiger partial charge < -0.3 is 0 Å². The molecule has 0 bridgehead atoms. The van der Waals surface area contributed by atoms with Gasteiger partial charge in [-0.25, -0.2) is 0 Å². The Bertz CT molecular complexity index is 44.9. The van der Waals surface area contributed by atoms with Crippen LogP contribution in [0.25, 0.3) is 0 Å². The van der Waals surface area contributed by atoms with Crippen molar-refractivity contribution in [2.45, 2.75) is 0 Å². The van der Waals surface area contributed by atoms with Crippen molar-refractivity contribution in [3.8, 4) is 0 Å². The molecular weight excluding hydrogens is 93.9 g/mol. The second-order valence-corrected chi connectivity index (χ2v) is 1.85. The molecule has 5 heavy (non-hydrogen) atoms. The SMILES string of the molecule is O=C(O)[BH][K]. The molecule has 0 aromatic carbocycles. The zero-order valence-electron chi connectivity index (χ0n) is 3.06. The van der Waals surface area contributed by atoms with E-state index in [9.17, 15) is 4.79 Å². The minimum atomic E-state index is -0.662. The predicted octanol–water partition coefficient (Wildman–Crippen LogP) is -0.816. The molecule has 4 heteroatoms. The van der Waals surface area contributed by atoms with Crippen molar-refractivity contribution in [2.24, 2.45) is 0 Å². The fraction of sp³-hybridized carbons (Fsp3) is 0. The summed E-state index contributed by atoms with van der Waals surface area (Å²) in [7, 11) is 0. The molecule has 0 heterocycles. The number of hydrogen-bond acceptors (Lipinski definition) is 1. The van der Waals surface area contributed by atoms with E-state index in [0.29, 0.717) is 49.6 Å². The second kappa shape index (κ2) is 3.36. The minimum absolute atomic E-state index is 0.410. The van der Waals surface area contributed by atoms with Gasteiger partial charge in [0.05, 0.1) is 0 Å². The van der Waals surface area contributed by atoms with Crippen LogP contribution in [0.4, 0.5) is 4.79 Å². The standard InChI is InChI=1S/CHBO2.K/c2-1(3)4;/h2H;/q;-1/p+1. The molecule has 0 rings (SSSR count). The molecule has 0 aliphatic rings. The van der Waals surface area contributed by atoms with E-state index >= 15 is 0 Å². The fourth-order valence-electron chi connectivity index (χ4n) is 0. The Morgan fingerprint density at radius 3 is 2.20 bits per heavy atom. The van der Waals surface area contributed by atoms with Gasteiger partial charge in [-0.2, -0.15) is 0 Å². The summed E-state index contributed by atoms with van der Waals surface area (Å²) in [5.41, 5.74) is 0. The third-order valence-electron chi connectivity index (χ3n) is 0.302. The second-order valence-electron chi connectivity index (χ2n) is 0.747. The zero-order valence-corrected chi connectivity index (χ0v) is 6.19. The Morgan fingerprint density at radius 1 is 2.00 bits per heavy atom. The van der Waals surface area contributed by atoms with Crippen LogP contribution in [0.5, 0.6) is 0 Å². The van der Waals surface area contributed by atoms with Gasteiger partial charge in [-0.1, -0.05) is 0 Å². The van der Waals surface area contributed by atoms with E-state index in [1.165, 1.54) is 0 Å². The fourth-order valence-corrected chi connectivity index (χ4v) is 0. The summed E-state index contributed by atoms with van der Waals surface area (Å²) in [6.45, 7) is 0. The van der Waals surface area contributed by atoms with Gasteiger partial charge in [0.25, 0.3) is 0 Å². The van der Waals surface area contributed by atoms with Gasteiger partial charge in [-0.05, 0) is 0 Å². The summed E-state index contributed by atoms with van der Waals surface area (Å²) < 4.78 is 0.410. The van der Waals surface area contributed by atoms with E-state index in [-0.39, 0.29) is 0 Å². The van der Waals surface area contributed by atoms with E-state index in [1.807, 2.05) is 0 Å². The molecule has 0 aromatic heterocycles. The van der Waals surface area contributed by atoms with E-state index < -0.39 is 5.87 Å². The first-order chi connectivity index (χ1) is 2.27. The first kappa shape index (κ1) is 6.17. The number of carbonyl (C=O) groups is 1. The van der Waals surface area contributed by atoms with Crippen LogP contribution < -0.4 is 0 Å². The monoisotopic (exact) mass is 96.0 g/mol. The van der Waals surface area contributed by atoms with Gasteiger partial charge in [-0.3, -0.25) is 0 Å². The van der Waals surface area contributed by atoms with Gasteiger partial charge in [0.2, 0.25) is 0 Å².